The molecule has 1 aliphatic carbocycles. The van der Waals surface area contributed by atoms with Crippen molar-refractivity contribution in [3.05, 3.63) is 54.6 Å². The zero-order chi connectivity index (χ0) is 20.6. The molecule has 0 atom stereocenters. The van der Waals surface area contributed by atoms with Gasteiger partial charge < -0.3 is 15.0 Å². The van der Waals surface area contributed by atoms with E-state index in [1.807, 2.05) is 73.3 Å². The van der Waals surface area contributed by atoms with Crippen molar-refractivity contribution >= 4 is 23.2 Å². The maximum absolute atomic E-state index is 13.0. The normalized spacial score (nSPS) is 18.7. The van der Waals surface area contributed by atoms with Gasteiger partial charge in [-0.05, 0) is 75.9 Å². The molecule has 3 rings (SSSR count). The number of rotatable bonds is 7. The Bertz CT molecular complexity index is 797. The van der Waals surface area contributed by atoms with Gasteiger partial charge in [0.15, 0.2) is 0 Å². The second kappa shape index (κ2) is 10.1. The average molecular weight is 395 g/mol. The van der Waals surface area contributed by atoms with Crippen LogP contribution in [-0.2, 0) is 9.59 Å². The van der Waals surface area contributed by atoms with Crippen LogP contribution in [-0.4, -0.2) is 25.0 Å². The molecule has 0 radical (unpaired) electrons. The van der Waals surface area contributed by atoms with Gasteiger partial charge in [-0.3, -0.25) is 9.59 Å². The number of nitrogens with zero attached hydrogens (tertiary/aromatic N) is 1. The number of hydrogen-bond donors (Lipinski definition) is 1. The van der Waals surface area contributed by atoms with Crippen molar-refractivity contribution in [2.24, 2.45) is 11.8 Å². The monoisotopic (exact) mass is 394 g/mol. The van der Waals surface area contributed by atoms with Crippen LogP contribution in [0.5, 0.6) is 5.75 Å². The van der Waals surface area contributed by atoms with E-state index in [1.54, 1.807) is 0 Å². The van der Waals surface area contributed by atoms with Crippen LogP contribution in [0.2, 0.25) is 0 Å². The van der Waals surface area contributed by atoms with Crippen LogP contribution in [0.3, 0.4) is 0 Å². The Morgan fingerprint density at radius 1 is 0.931 bits per heavy atom. The summed E-state index contributed by atoms with van der Waals surface area (Å²) in [5.74, 6) is 0.949. The van der Waals surface area contributed by atoms with Crippen LogP contribution in [0.15, 0.2) is 54.6 Å². The molecule has 0 heterocycles. The molecule has 1 saturated carbocycles. The summed E-state index contributed by atoms with van der Waals surface area (Å²) < 4.78 is 5.43. The molecular weight excluding hydrogens is 364 g/mol. The molecule has 0 saturated heterocycles. The van der Waals surface area contributed by atoms with Gasteiger partial charge in [0.1, 0.15) is 5.75 Å². The van der Waals surface area contributed by atoms with Crippen LogP contribution >= 0.6 is 0 Å². The van der Waals surface area contributed by atoms with E-state index in [1.165, 1.54) is 0 Å². The second-order valence-electron chi connectivity index (χ2n) is 7.41. The predicted octanol–water partition coefficient (Wildman–Crippen LogP) is 4.88. The van der Waals surface area contributed by atoms with E-state index in [9.17, 15) is 9.59 Å². The highest BCUT2D eigenvalue weighted by atomic mass is 16.5. The molecule has 29 heavy (non-hydrogen) atoms. The Balaban J connectivity index is 1.52. The maximum atomic E-state index is 13.0. The molecule has 1 fully saturated rings. The van der Waals surface area contributed by atoms with Gasteiger partial charge in [0.05, 0.1) is 6.61 Å². The minimum absolute atomic E-state index is 0.00955. The van der Waals surface area contributed by atoms with Gasteiger partial charge in [0, 0.05) is 29.8 Å². The Morgan fingerprint density at radius 2 is 1.55 bits per heavy atom. The summed E-state index contributed by atoms with van der Waals surface area (Å²) in [7, 11) is 0. The van der Waals surface area contributed by atoms with Crippen molar-refractivity contribution in [1.29, 1.82) is 0 Å². The SMILES string of the molecule is CCOc1ccc(NC(=O)C2CCC(C(=O)N(CC)c3ccccc3)CC2)cc1. The van der Waals surface area contributed by atoms with Crippen molar-refractivity contribution in [3.8, 4) is 5.75 Å². The third kappa shape index (κ3) is 5.37. The van der Waals surface area contributed by atoms with E-state index in [4.69, 9.17) is 4.74 Å². The summed E-state index contributed by atoms with van der Waals surface area (Å²) in [4.78, 5) is 27.5. The lowest BCUT2D eigenvalue weighted by atomic mass is 9.80. The molecule has 0 aromatic heterocycles. The third-order valence-electron chi connectivity index (χ3n) is 5.53. The van der Waals surface area contributed by atoms with Gasteiger partial charge in [-0.25, -0.2) is 0 Å². The summed E-state index contributed by atoms with van der Waals surface area (Å²) in [6.07, 6.45) is 2.99. The number of nitrogens with one attached hydrogen (secondary N) is 1. The molecule has 1 aliphatic rings. The Labute approximate surface area is 173 Å². The highest BCUT2D eigenvalue weighted by Crippen LogP contribution is 2.32. The van der Waals surface area contributed by atoms with Crippen molar-refractivity contribution in [2.45, 2.75) is 39.5 Å². The largest absolute Gasteiger partial charge is 0.494 e. The lowest BCUT2D eigenvalue weighted by molar-refractivity contribution is -0.126. The van der Waals surface area contributed by atoms with E-state index < -0.39 is 0 Å². The number of carbonyl (C=O) groups excluding carboxylic acids is 2. The molecule has 5 nitrogen and oxygen atoms in total. The van der Waals surface area contributed by atoms with Crippen molar-refractivity contribution < 1.29 is 14.3 Å². The first-order valence-corrected chi connectivity index (χ1v) is 10.5. The first kappa shape index (κ1) is 20.9. The Kier molecular flexibility index (Phi) is 7.28. The molecule has 2 amide bonds. The summed E-state index contributed by atoms with van der Waals surface area (Å²) in [5, 5.41) is 2.99. The highest BCUT2D eigenvalue weighted by molar-refractivity contribution is 5.96. The van der Waals surface area contributed by atoms with Crippen molar-refractivity contribution in [1.82, 2.24) is 0 Å². The molecule has 2 aromatic carbocycles. The lowest BCUT2D eigenvalue weighted by Gasteiger charge is -2.31. The zero-order valence-corrected chi connectivity index (χ0v) is 17.3. The van der Waals surface area contributed by atoms with Gasteiger partial charge in [-0.1, -0.05) is 18.2 Å². The van der Waals surface area contributed by atoms with E-state index >= 15 is 0 Å². The van der Waals surface area contributed by atoms with Crippen molar-refractivity contribution in [2.75, 3.05) is 23.4 Å². The fourth-order valence-electron chi connectivity index (χ4n) is 3.94. The number of amides is 2. The van der Waals surface area contributed by atoms with E-state index in [0.29, 0.717) is 13.2 Å². The number of benzene rings is 2. The van der Waals surface area contributed by atoms with Crippen LogP contribution in [0.25, 0.3) is 0 Å². The fraction of sp³-hybridized carbons (Fsp3) is 0.417. The topological polar surface area (TPSA) is 58.6 Å². The molecule has 154 valence electrons. The molecule has 0 spiro atoms. The number of carbonyl (C=O) groups is 2. The standard InChI is InChI=1S/C24H30N2O3/c1-3-26(21-8-6-5-7-9-21)24(28)19-12-10-18(11-13-19)23(27)25-20-14-16-22(17-15-20)29-4-2/h5-9,14-19H,3-4,10-13H2,1-2H3,(H,25,27). The summed E-state index contributed by atoms with van der Waals surface area (Å²) in [6.45, 7) is 5.21. The first-order chi connectivity index (χ1) is 14.1. The summed E-state index contributed by atoms with van der Waals surface area (Å²) in [6, 6.07) is 17.2. The number of ether oxygens (including phenoxy) is 1. The zero-order valence-electron chi connectivity index (χ0n) is 17.3. The smallest absolute Gasteiger partial charge is 0.230 e. The van der Waals surface area contributed by atoms with E-state index in [2.05, 4.69) is 5.32 Å². The van der Waals surface area contributed by atoms with Gasteiger partial charge in [0.25, 0.3) is 0 Å². The number of anilines is 2. The predicted molar refractivity (Wildman–Crippen MR) is 116 cm³/mol. The van der Waals surface area contributed by atoms with Gasteiger partial charge in [-0.2, -0.15) is 0 Å². The van der Waals surface area contributed by atoms with Crippen LogP contribution in [0, 0.1) is 11.8 Å². The quantitative estimate of drug-likeness (QED) is 0.728. The van der Waals surface area contributed by atoms with Gasteiger partial charge in [-0.15, -0.1) is 0 Å². The second-order valence-corrected chi connectivity index (χ2v) is 7.41. The molecule has 2 aromatic rings. The fourth-order valence-corrected chi connectivity index (χ4v) is 3.94. The first-order valence-electron chi connectivity index (χ1n) is 10.5. The summed E-state index contributed by atoms with van der Waals surface area (Å²) >= 11 is 0. The number of para-hydroxylation sites is 1. The summed E-state index contributed by atoms with van der Waals surface area (Å²) in [5.41, 5.74) is 1.72. The molecule has 0 unspecified atom stereocenters. The molecule has 0 bridgehead atoms. The average Bonchev–Trinajstić information content (AvgIpc) is 2.76. The van der Waals surface area contributed by atoms with E-state index in [-0.39, 0.29) is 23.7 Å². The van der Waals surface area contributed by atoms with Crippen LogP contribution in [0.1, 0.15) is 39.5 Å². The third-order valence-corrected chi connectivity index (χ3v) is 5.53. The number of hydrogen-bond acceptors (Lipinski definition) is 3. The molecule has 5 heteroatoms. The molecule has 0 aliphatic heterocycles. The molecular formula is C24H30N2O3. The maximum Gasteiger partial charge on any atom is 0.230 e. The Morgan fingerprint density at radius 3 is 2.14 bits per heavy atom. The minimum Gasteiger partial charge on any atom is -0.494 e. The highest BCUT2D eigenvalue weighted by Gasteiger charge is 2.32. The minimum atomic E-state index is -0.0441. The van der Waals surface area contributed by atoms with Crippen molar-refractivity contribution in [3.63, 3.8) is 0 Å². The lowest BCUT2D eigenvalue weighted by Crippen LogP contribution is -2.39. The van der Waals surface area contributed by atoms with Gasteiger partial charge in [0.2, 0.25) is 11.8 Å². The van der Waals surface area contributed by atoms with E-state index in [0.717, 1.165) is 42.8 Å². The molecule has 1 N–H and O–H groups in total. The van der Waals surface area contributed by atoms with Gasteiger partial charge >= 0.3 is 0 Å². The van der Waals surface area contributed by atoms with Crippen LogP contribution < -0.4 is 15.0 Å². The van der Waals surface area contributed by atoms with Crippen LogP contribution in [0.4, 0.5) is 11.4 Å². The Hall–Kier alpha value is -2.82.